The fraction of sp³-hybridized carbons (Fsp3) is 0.357. The molecule has 0 aliphatic rings. The van der Waals surface area contributed by atoms with Crippen molar-refractivity contribution in [3.05, 3.63) is 41.9 Å². The number of hydrogen-bond donors (Lipinski definition) is 0. The molecule has 7 heteroatoms. The Labute approximate surface area is 126 Å². The Morgan fingerprint density at radius 3 is 2.52 bits per heavy atom. The van der Waals surface area contributed by atoms with E-state index in [9.17, 15) is 8.78 Å². The van der Waals surface area contributed by atoms with Crippen LogP contribution in [0.25, 0.3) is 0 Å². The number of hydrogen-bond acceptors (Lipinski definition) is 5. The summed E-state index contributed by atoms with van der Waals surface area (Å²) in [5, 5.41) is 0.336. The minimum absolute atomic E-state index is 0.0821. The lowest BCUT2D eigenvalue weighted by Gasteiger charge is -2.26. The van der Waals surface area contributed by atoms with E-state index < -0.39 is 6.43 Å². The predicted molar refractivity (Wildman–Crippen MR) is 79.8 cm³/mol. The molecule has 0 saturated carbocycles. The second-order valence-corrected chi connectivity index (χ2v) is 5.25. The second kappa shape index (κ2) is 6.80. The van der Waals surface area contributed by atoms with Gasteiger partial charge >= 0.3 is 0 Å². The largest absolute Gasteiger partial charge is 0.351 e. The number of halogens is 2. The molecule has 0 saturated heterocycles. The Balaban J connectivity index is 2.34. The van der Waals surface area contributed by atoms with Gasteiger partial charge in [0.05, 0.1) is 11.7 Å². The summed E-state index contributed by atoms with van der Waals surface area (Å²) >= 11 is 1.24. The lowest BCUT2D eigenvalue weighted by molar-refractivity contribution is 0.145. The van der Waals surface area contributed by atoms with Crippen molar-refractivity contribution in [3.8, 4) is 0 Å². The lowest BCUT2D eigenvalue weighted by atomic mass is 10.2. The molecule has 0 spiro atoms. The predicted octanol–water partition coefficient (Wildman–Crippen LogP) is 3.73. The average Bonchev–Trinajstić information content (AvgIpc) is 2.53. The van der Waals surface area contributed by atoms with E-state index in [1.54, 1.807) is 19.5 Å². The van der Waals surface area contributed by atoms with E-state index in [2.05, 4.69) is 15.0 Å². The highest BCUT2D eigenvalue weighted by molar-refractivity contribution is 7.98. The first kappa shape index (κ1) is 15.6. The Morgan fingerprint density at radius 1 is 1.19 bits per heavy atom. The molecule has 21 heavy (non-hydrogen) atoms. The maximum Gasteiger partial charge on any atom is 0.280 e. The minimum atomic E-state index is -2.61. The van der Waals surface area contributed by atoms with Gasteiger partial charge in [-0.05, 0) is 25.3 Å². The van der Waals surface area contributed by atoms with Crippen LogP contribution >= 0.6 is 11.8 Å². The third kappa shape index (κ3) is 3.66. The van der Waals surface area contributed by atoms with Crippen LogP contribution in [-0.2, 0) is 0 Å². The Morgan fingerprint density at radius 2 is 1.95 bits per heavy atom. The van der Waals surface area contributed by atoms with Crippen LogP contribution in [0.5, 0.6) is 0 Å². The van der Waals surface area contributed by atoms with Crippen molar-refractivity contribution in [1.29, 1.82) is 0 Å². The molecular formula is C14H16F2N4S. The van der Waals surface area contributed by atoms with Crippen molar-refractivity contribution >= 4 is 17.6 Å². The minimum Gasteiger partial charge on any atom is -0.351 e. The van der Waals surface area contributed by atoms with Crippen molar-refractivity contribution in [1.82, 2.24) is 15.0 Å². The van der Waals surface area contributed by atoms with Crippen LogP contribution in [-0.4, -0.2) is 28.3 Å². The van der Waals surface area contributed by atoms with E-state index in [4.69, 9.17) is 0 Å². The molecule has 4 nitrogen and oxygen atoms in total. The molecular weight excluding hydrogens is 294 g/mol. The van der Waals surface area contributed by atoms with Gasteiger partial charge in [0.1, 0.15) is 11.5 Å². The van der Waals surface area contributed by atoms with E-state index in [0.717, 1.165) is 5.69 Å². The van der Waals surface area contributed by atoms with Gasteiger partial charge in [-0.2, -0.15) is 0 Å². The molecule has 2 rings (SSSR count). The molecule has 0 aliphatic carbocycles. The lowest BCUT2D eigenvalue weighted by Crippen LogP contribution is -2.24. The molecule has 112 valence electrons. The van der Waals surface area contributed by atoms with Gasteiger partial charge in [0.15, 0.2) is 5.16 Å². The quantitative estimate of drug-likeness (QED) is 0.622. The molecule has 0 fully saturated rings. The maximum atomic E-state index is 12.9. The van der Waals surface area contributed by atoms with Crippen molar-refractivity contribution in [2.45, 2.75) is 24.5 Å². The van der Waals surface area contributed by atoms with Crippen LogP contribution in [0.1, 0.15) is 30.8 Å². The summed E-state index contributed by atoms with van der Waals surface area (Å²) in [4.78, 5) is 14.2. The number of rotatable bonds is 5. The fourth-order valence-electron chi connectivity index (χ4n) is 1.83. The van der Waals surface area contributed by atoms with Gasteiger partial charge in [0.2, 0.25) is 0 Å². The van der Waals surface area contributed by atoms with Gasteiger partial charge in [-0.15, -0.1) is 0 Å². The maximum absolute atomic E-state index is 12.9. The standard InChI is InChI=1S/C14H16F2N4S/c1-9(10-6-4-5-7-17-10)20(2)12-8-11(13(15)16)18-14(19-12)21-3/h4-9,13H,1-3H3/t9-/m0/s1. The van der Waals surface area contributed by atoms with Gasteiger partial charge in [0, 0.05) is 19.3 Å². The normalized spacial score (nSPS) is 12.5. The molecule has 2 aromatic heterocycles. The van der Waals surface area contributed by atoms with Crippen LogP contribution in [0.4, 0.5) is 14.6 Å². The molecule has 0 unspecified atom stereocenters. The summed E-state index contributed by atoms with van der Waals surface area (Å²) in [5.74, 6) is 0.461. The van der Waals surface area contributed by atoms with Gasteiger partial charge in [-0.25, -0.2) is 18.7 Å². The van der Waals surface area contributed by atoms with Crippen molar-refractivity contribution in [2.24, 2.45) is 0 Å². The van der Waals surface area contributed by atoms with Crippen molar-refractivity contribution in [2.75, 3.05) is 18.2 Å². The molecule has 2 heterocycles. The number of thioether (sulfide) groups is 1. The fourth-order valence-corrected chi connectivity index (χ4v) is 2.22. The number of alkyl halides is 2. The van der Waals surface area contributed by atoms with E-state index in [1.807, 2.05) is 30.0 Å². The highest BCUT2D eigenvalue weighted by Crippen LogP contribution is 2.27. The smallest absolute Gasteiger partial charge is 0.280 e. The topological polar surface area (TPSA) is 41.9 Å². The van der Waals surface area contributed by atoms with Crippen LogP contribution in [0.3, 0.4) is 0 Å². The Hall–Kier alpha value is -1.76. The third-order valence-corrected chi connectivity index (χ3v) is 3.72. The number of aromatic nitrogens is 3. The van der Waals surface area contributed by atoms with Gasteiger partial charge < -0.3 is 4.90 Å². The summed E-state index contributed by atoms with van der Waals surface area (Å²) in [6.07, 6.45) is 0.852. The summed E-state index contributed by atoms with van der Waals surface area (Å²) in [7, 11) is 1.81. The molecule has 2 aromatic rings. The molecule has 0 N–H and O–H groups in total. The molecule has 0 aliphatic heterocycles. The Kier molecular flexibility index (Phi) is 5.06. The third-order valence-electron chi connectivity index (χ3n) is 3.18. The highest BCUT2D eigenvalue weighted by Gasteiger charge is 2.19. The first-order valence-corrected chi connectivity index (χ1v) is 7.60. The zero-order chi connectivity index (χ0) is 15.4. The van der Waals surface area contributed by atoms with Crippen LogP contribution < -0.4 is 4.90 Å². The van der Waals surface area contributed by atoms with Gasteiger partial charge in [-0.1, -0.05) is 17.8 Å². The van der Waals surface area contributed by atoms with Gasteiger partial charge in [0.25, 0.3) is 6.43 Å². The molecule has 0 bridgehead atoms. The second-order valence-electron chi connectivity index (χ2n) is 4.48. The molecule has 0 aromatic carbocycles. The summed E-state index contributed by atoms with van der Waals surface area (Å²) in [5.41, 5.74) is 0.590. The van der Waals surface area contributed by atoms with Crippen LogP contribution in [0.2, 0.25) is 0 Å². The molecule has 0 amide bonds. The molecule has 1 atom stereocenters. The first-order valence-electron chi connectivity index (χ1n) is 6.37. The van der Waals surface area contributed by atoms with Crippen molar-refractivity contribution in [3.63, 3.8) is 0 Å². The van der Waals surface area contributed by atoms with E-state index in [-0.39, 0.29) is 11.7 Å². The van der Waals surface area contributed by atoms with Crippen molar-refractivity contribution < 1.29 is 8.78 Å². The summed E-state index contributed by atoms with van der Waals surface area (Å²) in [6.45, 7) is 1.95. The summed E-state index contributed by atoms with van der Waals surface area (Å²) < 4.78 is 25.8. The van der Waals surface area contributed by atoms with Gasteiger partial charge in [-0.3, -0.25) is 4.98 Å². The first-order chi connectivity index (χ1) is 10.0. The zero-order valence-corrected chi connectivity index (χ0v) is 12.8. The highest BCUT2D eigenvalue weighted by atomic mass is 32.2. The van der Waals surface area contributed by atoms with Crippen LogP contribution in [0, 0.1) is 0 Å². The average molecular weight is 310 g/mol. The van der Waals surface area contributed by atoms with E-state index >= 15 is 0 Å². The number of pyridine rings is 1. The zero-order valence-electron chi connectivity index (χ0n) is 12.0. The molecule has 0 radical (unpaired) electrons. The van der Waals surface area contributed by atoms with Crippen LogP contribution in [0.15, 0.2) is 35.6 Å². The SMILES string of the molecule is CSc1nc(C(F)F)cc(N(C)[C@@H](C)c2ccccn2)n1. The van der Waals surface area contributed by atoms with E-state index in [1.165, 1.54) is 17.8 Å². The monoisotopic (exact) mass is 310 g/mol. The Bertz CT molecular complexity index is 595. The summed E-state index contributed by atoms with van der Waals surface area (Å²) in [6, 6.07) is 6.86. The number of anilines is 1. The van der Waals surface area contributed by atoms with E-state index in [0.29, 0.717) is 11.0 Å². The number of nitrogens with zero attached hydrogens (tertiary/aromatic N) is 4.